The third-order valence-corrected chi connectivity index (χ3v) is 4.11. The van der Waals surface area contributed by atoms with Crippen molar-refractivity contribution in [1.82, 2.24) is 10.3 Å². The van der Waals surface area contributed by atoms with Gasteiger partial charge in [-0.3, -0.25) is 4.79 Å². The highest BCUT2D eigenvalue weighted by Crippen LogP contribution is 2.35. The van der Waals surface area contributed by atoms with Gasteiger partial charge < -0.3 is 15.4 Å². The third kappa shape index (κ3) is 4.48. The molecule has 0 aliphatic rings. The first kappa shape index (κ1) is 21.8. The molecule has 0 radical (unpaired) electrons. The maximum atomic E-state index is 14.0. The number of aromatic nitrogens is 1. The van der Waals surface area contributed by atoms with Gasteiger partial charge in [0.25, 0.3) is 5.91 Å². The van der Waals surface area contributed by atoms with Crippen LogP contribution in [0.25, 0.3) is 0 Å². The van der Waals surface area contributed by atoms with Crippen LogP contribution in [0.2, 0.25) is 10.0 Å². The number of methoxy groups -OCH3 is 1. The fraction of sp³-hybridized carbons (Fsp3) is 0.235. The number of benzene rings is 1. The number of nitrogens with one attached hydrogen (secondary N) is 2. The zero-order chi connectivity index (χ0) is 21.1. The third-order valence-electron chi connectivity index (χ3n) is 3.61. The van der Waals surface area contributed by atoms with Gasteiger partial charge in [0.15, 0.2) is 0 Å². The summed E-state index contributed by atoms with van der Waals surface area (Å²) in [6.07, 6.45) is -4.29. The smallest absolute Gasteiger partial charge is 0.441 e. The minimum Gasteiger partial charge on any atom is -0.466 e. The number of aryl methyl sites for hydroxylation is 1. The van der Waals surface area contributed by atoms with Crippen molar-refractivity contribution in [1.29, 1.82) is 0 Å². The molecule has 1 aromatic heterocycles. The lowest BCUT2D eigenvalue weighted by Gasteiger charge is -2.34. The van der Waals surface area contributed by atoms with Crippen LogP contribution in [0.15, 0.2) is 36.5 Å². The summed E-state index contributed by atoms with van der Waals surface area (Å²) in [4.78, 5) is 28.3. The normalized spacial score (nSPS) is 13.4. The molecule has 0 saturated carbocycles. The van der Waals surface area contributed by atoms with Crippen LogP contribution in [0.5, 0.6) is 0 Å². The molecule has 2 N–H and O–H groups in total. The van der Waals surface area contributed by atoms with Crippen molar-refractivity contribution in [2.75, 3.05) is 12.4 Å². The zero-order valence-corrected chi connectivity index (χ0v) is 16.0. The molecule has 0 spiro atoms. The number of halogens is 5. The average molecular weight is 436 g/mol. The van der Waals surface area contributed by atoms with Crippen molar-refractivity contribution in [3.8, 4) is 0 Å². The molecule has 0 aliphatic heterocycles. The molecule has 0 unspecified atom stereocenters. The number of anilines is 1. The fourth-order valence-corrected chi connectivity index (χ4v) is 2.68. The number of alkyl halides is 3. The SMILES string of the molecule is COC(=O)[C@@](NC(=O)c1cccc(C)c1)(Nc1ncc(Cl)cc1Cl)C(F)(F)F. The first-order valence-corrected chi connectivity index (χ1v) is 8.39. The number of carbonyl (C=O) groups excluding carboxylic acids is 2. The van der Waals surface area contributed by atoms with Gasteiger partial charge in [-0.2, -0.15) is 13.2 Å². The topological polar surface area (TPSA) is 80.3 Å². The number of hydrogen-bond donors (Lipinski definition) is 2. The summed E-state index contributed by atoms with van der Waals surface area (Å²) in [5.41, 5.74) is -3.10. The van der Waals surface area contributed by atoms with Crippen molar-refractivity contribution < 1.29 is 27.5 Å². The first-order valence-electron chi connectivity index (χ1n) is 7.63. The highest BCUT2D eigenvalue weighted by Gasteiger charge is 2.64. The standard InChI is InChI=1S/C17H14Cl2F3N3O3/c1-9-4-3-5-10(6-9)14(26)25-16(15(27)28-2,17(20,21)22)24-13-12(19)7-11(18)8-23-13/h3-8H,1-2H3,(H,23,24)(H,25,26)/t16-/m0/s1. The summed E-state index contributed by atoms with van der Waals surface area (Å²) < 4.78 is 46.3. The summed E-state index contributed by atoms with van der Waals surface area (Å²) in [7, 11) is 0.750. The van der Waals surface area contributed by atoms with Crippen LogP contribution in [0.3, 0.4) is 0 Å². The summed E-state index contributed by atoms with van der Waals surface area (Å²) >= 11 is 11.6. The Kier molecular flexibility index (Phi) is 6.41. The quantitative estimate of drug-likeness (QED) is 0.548. The van der Waals surface area contributed by atoms with E-state index in [4.69, 9.17) is 23.2 Å². The molecule has 1 aromatic carbocycles. The Hall–Kier alpha value is -2.52. The van der Waals surface area contributed by atoms with Crippen LogP contribution in [0, 0.1) is 6.92 Å². The van der Waals surface area contributed by atoms with E-state index in [2.05, 4.69) is 9.72 Å². The van der Waals surface area contributed by atoms with Crippen molar-refractivity contribution in [3.05, 3.63) is 57.7 Å². The molecule has 2 rings (SSSR count). The number of nitrogens with zero attached hydrogens (tertiary/aromatic N) is 1. The summed E-state index contributed by atoms with van der Waals surface area (Å²) in [5, 5.41) is 3.30. The van der Waals surface area contributed by atoms with E-state index in [1.165, 1.54) is 18.2 Å². The van der Waals surface area contributed by atoms with Crippen LogP contribution in [-0.2, 0) is 9.53 Å². The lowest BCUT2D eigenvalue weighted by molar-refractivity contribution is -0.203. The van der Waals surface area contributed by atoms with Gasteiger partial charge in [0.05, 0.1) is 17.2 Å². The minimum absolute atomic E-state index is 0.0648. The second-order valence-corrected chi connectivity index (χ2v) is 6.52. The Balaban J connectivity index is 2.54. The van der Waals surface area contributed by atoms with Gasteiger partial charge in [-0.05, 0) is 25.1 Å². The average Bonchev–Trinajstić information content (AvgIpc) is 2.61. The van der Waals surface area contributed by atoms with Gasteiger partial charge in [-0.25, -0.2) is 9.78 Å². The molecule has 0 fully saturated rings. The lowest BCUT2D eigenvalue weighted by Crippen LogP contribution is -2.69. The zero-order valence-electron chi connectivity index (χ0n) is 14.5. The van der Waals surface area contributed by atoms with E-state index in [0.29, 0.717) is 5.56 Å². The fourth-order valence-electron chi connectivity index (χ4n) is 2.26. The monoisotopic (exact) mass is 435 g/mol. The summed E-state index contributed by atoms with van der Waals surface area (Å²) in [5.74, 6) is -3.50. The van der Waals surface area contributed by atoms with E-state index in [-0.39, 0.29) is 15.6 Å². The highest BCUT2D eigenvalue weighted by atomic mass is 35.5. The Labute approximate surface area is 168 Å². The minimum atomic E-state index is -5.32. The van der Waals surface area contributed by atoms with Crippen LogP contribution >= 0.6 is 23.2 Å². The number of esters is 1. The van der Waals surface area contributed by atoms with Crippen LogP contribution < -0.4 is 10.6 Å². The molecule has 1 amide bonds. The Morgan fingerprint density at radius 2 is 1.86 bits per heavy atom. The van der Waals surface area contributed by atoms with E-state index < -0.39 is 29.5 Å². The van der Waals surface area contributed by atoms with Crippen LogP contribution in [0.4, 0.5) is 19.0 Å². The predicted molar refractivity (Wildman–Crippen MR) is 97.3 cm³/mol. The molecule has 1 heterocycles. The van der Waals surface area contributed by atoms with Gasteiger partial charge in [-0.1, -0.05) is 40.9 Å². The van der Waals surface area contributed by atoms with E-state index >= 15 is 0 Å². The maximum Gasteiger partial charge on any atom is 0.441 e. The lowest BCUT2D eigenvalue weighted by atomic mass is 10.1. The predicted octanol–water partition coefficient (Wildman–Crippen LogP) is 3.97. The molecule has 0 saturated heterocycles. The second-order valence-electron chi connectivity index (χ2n) is 5.67. The van der Waals surface area contributed by atoms with Crippen molar-refractivity contribution in [2.24, 2.45) is 0 Å². The van der Waals surface area contributed by atoms with E-state index in [1.54, 1.807) is 18.3 Å². The number of amides is 1. The maximum absolute atomic E-state index is 14.0. The number of rotatable bonds is 5. The molecule has 1 atom stereocenters. The highest BCUT2D eigenvalue weighted by molar-refractivity contribution is 6.36. The summed E-state index contributed by atoms with van der Waals surface area (Å²) in [6.45, 7) is 1.66. The van der Waals surface area contributed by atoms with E-state index in [9.17, 15) is 22.8 Å². The Bertz CT molecular complexity index is 909. The Morgan fingerprint density at radius 1 is 1.18 bits per heavy atom. The molecule has 0 bridgehead atoms. The molecule has 11 heteroatoms. The number of pyridine rings is 1. The molecule has 0 aliphatic carbocycles. The van der Waals surface area contributed by atoms with Crippen molar-refractivity contribution >= 4 is 40.9 Å². The second kappa shape index (κ2) is 8.24. The number of carbonyl (C=O) groups is 2. The van der Waals surface area contributed by atoms with Crippen molar-refractivity contribution in [3.63, 3.8) is 0 Å². The van der Waals surface area contributed by atoms with Crippen LogP contribution in [-0.4, -0.2) is 35.8 Å². The van der Waals surface area contributed by atoms with Gasteiger partial charge >= 0.3 is 17.8 Å². The van der Waals surface area contributed by atoms with E-state index in [0.717, 1.165) is 19.4 Å². The van der Waals surface area contributed by atoms with E-state index in [1.807, 2.05) is 5.32 Å². The molecule has 28 heavy (non-hydrogen) atoms. The number of ether oxygens (including phenoxy) is 1. The Morgan fingerprint density at radius 3 is 2.39 bits per heavy atom. The molecular weight excluding hydrogens is 422 g/mol. The molecule has 150 valence electrons. The van der Waals surface area contributed by atoms with Crippen molar-refractivity contribution in [2.45, 2.75) is 18.8 Å². The molecule has 2 aromatic rings. The van der Waals surface area contributed by atoms with Gasteiger partial charge in [0.1, 0.15) is 5.82 Å². The molecule has 6 nitrogen and oxygen atoms in total. The van der Waals surface area contributed by atoms with Gasteiger partial charge in [0.2, 0.25) is 0 Å². The number of hydrogen-bond acceptors (Lipinski definition) is 5. The van der Waals surface area contributed by atoms with Gasteiger partial charge in [-0.15, -0.1) is 0 Å². The summed E-state index contributed by atoms with van der Waals surface area (Å²) in [6, 6.07) is 6.93. The van der Waals surface area contributed by atoms with Crippen LogP contribution in [0.1, 0.15) is 15.9 Å². The largest absolute Gasteiger partial charge is 0.466 e. The first-order chi connectivity index (χ1) is 13.0. The molecular formula is C17H14Cl2F3N3O3. The van der Waals surface area contributed by atoms with Gasteiger partial charge in [0, 0.05) is 11.8 Å².